The van der Waals surface area contributed by atoms with E-state index in [1.54, 1.807) is 6.07 Å². The molecule has 11 rings (SSSR count). The van der Waals surface area contributed by atoms with E-state index in [-0.39, 0.29) is 58.2 Å². The summed E-state index contributed by atoms with van der Waals surface area (Å²) < 4.78 is 63.7. The molecule has 0 spiro atoms. The molecule has 0 aliphatic heterocycles. The van der Waals surface area contributed by atoms with Gasteiger partial charge >= 0.3 is 0 Å². The number of hydrogen-bond acceptors (Lipinski definition) is 1. The minimum absolute atomic E-state index is 0.000899. The van der Waals surface area contributed by atoms with E-state index in [2.05, 4.69) is 48.5 Å². The molecule has 10 aromatic carbocycles. The van der Waals surface area contributed by atoms with Crippen molar-refractivity contribution < 1.29 is 12.6 Å². The molecule has 0 fully saturated rings. The van der Waals surface area contributed by atoms with E-state index in [0.717, 1.165) is 60.0 Å². The zero-order valence-corrected chi connectivity index (χ0v) is 28.4. The van der Waals surface area contributed by atoms with Crippen LogP contribution < -0.4 is 0 Å². The molecular formula is C52H32O. The molecule has 0 N–H and O–H groups in total. The number of fused-ring (bicyclic) bond motifs is 7. The van der Waals surface area contributed by atoms with Gasteiger partial charge in [-0.15, -0.1) is 0 Å². The van der Waals surface area contributed by atoms with Gasteiger partial charge in [0, 0.05) is 16.3 Å². The van der Waals surface area contributed by atoms with Crippen LogP contribution in [0.1, 0.15) is 8.22 Å². The molecule has 1 aromatic heterocycles. The highest BCUT2D eigenvalue weighted by atomic mass is 16.3. The van der Waals surface area contributed by atoms with Crippen molar-refractivity contribution in [2.45, 2.75) is 0 Å². The highest BCUT2D eigenvalue weighted by Crippen LogP contribution is 2.45. The molecule has 0 saturated heterocycles. The van der Waals surface area contributed by atoms with Crippen LogP contribution in [0, 0.1) is 0 Å². The Balaban J connectivity index is 1.14. The van der Waals surface area contributed by atoms with Gasteiger partial charge in [0.2, 0.25) is 0 Å². The lowest BCUT2D eigenvalue weighted by Gasteiger charge is -2.18. The second-order valence-electron chi connectivity index (χ2n) is 13.5. The number of rotatable bonds is 4. The minimum atomic E-state index is -0.271. The summed E-state index contributed by atoms with van der Waals surface area (Å²) in [6, 6.07) is 51.0. The van der Waals surface area contributed by atoms with E-state index in [9.17, 15) is 8.22 Å². The molecule has 0 atom stereocenters. The summed E-state index contributed by atoms with van der Waals surface area (Å²) in [5.74, 6) is 0. The Hall–Kier alpha value is -6.96. The Morgan fingerprint density at radius 2 is 0.906 bits per heavy atom. The highest BCUT2D eigenvalue weighted by molar-refractivity contribution is 6.22. The number of para-hydroxylation sites is 1. The monoisotopic (exact) mass is 678 g/mol. The third kappa shape index (κ3) is 4.79. The molecular weight excluding hydrogens is 641 g/mol. The fourth-order valence-electron chi connectivity index (χ4n) is 7.99. The maximum absolute atomic E-state index is 9.72. The van der Waals surface area contributed by atoms with Gasteiger partial charge in [-0.1, -0.05) is 164 Å². The molecule has 0 amide bonds. The Morgan fingerprint density at radius 1 is 0.340 bits per heavy atom. The Kier molecular flexibility index (Phi) is 5.40. The molecule has 0 bridgehead atoms. The van der Waals surface area contributed by atoms with Crippen LogP contribution >= 0.6 is 0 Å². The van der Waals surface area contributed by atoms with Crippen molar-refractivity contribution in [3.8, 4) is 44.5 Å². The standard InChI is InChI=1S/C52H32O/c1-2-12-34(13-3-1)50-43-15-6-8-17-45(43)51(46-18-9-7-16-44(46)50)41-26-24-37-30-40(25-23-38(37)31-41)42-19-10-20-47-48-32-39(27-28-49(48)53-52(42)47)36-22-21-33-11-4-5-14-35(33)29-36/h1-32H/i23D,24D,25D,26D,30D,31D. The van der Waals surface area contributed by atoms with Gasteiger partial charge < -0.3 is 4.42 Å². The van der Waals surface area contributed by atoms with Gasteiger partial charge in [0.15, 0.2) is 0 Å². The molecule has 11 aromatic rings. The average molecular weight is 679 g/mol. The second kappa shape index (κ2) is 11.8. The Morgan fingerprint density at radius 3 is 1.64 bits per heavy atom. The third-order valence-electron chi connectivity index (χ3n) is 10.5. The van der Waals surface area contributed by atoms with Crippen molar-refractivity contribution in [3.63, 3.8) is 0 Å². The van der Waals surface area contributed by atoms with E-state index >= 15 is 0 Å². The minimum Gasteiger partial charge on any atom is -0.455 e. The van der Waals surface area contributed by atoms with E-state index in [1.807, 2.05) is 103 Å². The van der Waals surface area contributed by atoms with Gasteiger partial charge in [-0.25, -0.2) is 0 Å². The first-order valence-electron chi connectivity index (χ1n) is 20.8. The Bertz CT molecular complexity index is 3510. The summed E-state index contributed by atoms with van der Waals surface area (Å²) in [6.45, 7) is 0. The van der Waals surface area contributed by atoms with Gasteiger partial charge in [-0.05, 0) is 112 Å². The first-order chi connectivity index (χ1) is 28.8. The quantitative estimate of drug-likeness (QED) is 0.169. The first kappa shape index (κ1) is 24.3. The Labute approximate surface area is 315 Å². The third-order valence-corrected chi connectivity index (χ3v) is 10.5. The van der Waals surface area contributed by atoms with Gasteiger partial charge in [0.25, 0.3) is 0 Å². The predicted octanol–water partition coefficient (Wildman–Crippen LogP) is 14.9. The summed E-state index contributed by atoms with van der Waals surface area (Å²) in [4.78, 5) is 0. The smallest absolute Gasteiger partial charge is 0.143 e. The van der Waals surface area contributed by atoms with Crippen LogP contribution in [-0.4, -0.2) is 0 Å². The van der Waals surface area contributed by atoms with E-state index < -0.39 is 0 Å². The number of benzene rings is 10. The lowest BCUT2D eigenvalue weighted by Crippen LogP contribution is -1.90. The number of furan rings is 1. The van der Waals surface area contributed by atoms with Crippen LogP contribution in [0.15, 0.2) is 198 Å². The molecule has 0 unspecified atom stereocenters. The fraction of sp³-hybridized carbons (Fsp3) is 0. The van der Waals surface area contributed by atoms with Crippen LogP contribution in [-0.2, 0) is 0 Å². The largest absolute Gasteiger partial charge is 0.455 e. The van der Waals surface area contributed by atoms with Crippen LogP contribution in [0.3, 0.4) is 0 Å². The summed E-state index contributed by atoms with van der Waals surface area (Å²) in [7, 11) is 0. The summed E-state index contributed by atoms with van der Waals surface area (Å²) in [5, 5.41) is 7.49. The zero-order chi connectivity index (χ0) is 40.1. The highest BCUT2D eigenvalue weighted by Gasteiger charge is 2.18. The fourth-order valence-corrected chi connectivity index (χ4v) is 7.99. The van der Waals surface area contributed by atoms with Crippen molar-refractivity contribution in [1.82, 2.24) is 0 Å². The lowest BCUT2D eigenvalue weighted by atomic mass is 9.85. The van der Waals surface area contributed by atoms with Crippen LogP contribution in [0.4, 0.5) is 0 Å². The van der Waals surface area contributed by atoms with Gasteiger partial charge in [-0.2, -0.15) is 0 Å². The van der Waals surface area contributed by atoms with E-state index in [4.69, 9.17) is 4.42 Å². The van der Waals surface area contributed by atoms with Crippen molar-refractivity contribution in [3.05, 3.63) is 194 Å². The van der Waals surface area contributed by atoms with Crippen LogP contribution in [0.2, 0.25) is 0 Å². The van der Waals surface area contributed by atoms with E-state index in [1.165, 1.54) is 5.39 Å². The second-order valence-corrected chi connectivity index (χ2v) is 13.5. The zero-order valence-electron chi connectivity index (χ0n) is 34.4. The van der Waals surface area contributed by atoms with Crippen LogP contribution in [0.25, 0.3) is 110 Å². The summed E-state index contributed by atoms with van der Waals surface area (Å²) in [5.41, 5.74) is 6.68. The lowest BCUT2D eigenvalue weighted by molar-refractivity contribution is 0.670. The van der Waals surface area contributed by atoms with E-state index in [0.29, 0.717) is 22.3 Å². The predicted molar refractivity (Wildman–Crippen MR) is 225 cm³/mol. The molecule has 1 heteroatoms. The maximum Gasteiger partial charge on any atom is 0.143 e. The molecule has 0 saturated carbocycles. The topological polar surface area (TPSA) is 13.1 Å². The van der Waals surface area contributed by atoms with Gasteiger partial charge in [0.05, 0.1) is 8.22 Å². The number of hydrogen-bond donors (Lipinski definition) is 0. The van der Waals surface area contributed by atoms with Gasteiger partial charge in [0.1, 0.15) is 11.2 Å². The van der Waals surface area contributed by atoms with Gasteiger partial charge in [-0.3, -0.25) is 0 Å². The molecule has 246 valence electrons. The van der Waals surface area contributed by atoms with Crippen molar-refractivity contribution >= 4 is 65.0 Å². The molecule has 1 heterocycles. The SMILES string of the molecule is [2H]c1c(-c2cccc3c2oc2ccc(-c4ccc5ccccc5c4)cc23)c([2H])c2c([2H])c([2H])c(-c3c4ccccc4c(-c4ccccc4)c4ccccc34)c([2H])c2c1[2H]. The summed E-state index contributed by atoms with van der Waals surface area (Å²) >= 11 is 0. The first-order valence-corrected chi connectivity index (χ1v) is 17.8. The molecule has 0 radical (unpaired) electrons. The van der Waals surface area contributed by atoms with Crippen molar-refractivity contribution in [1.29, 1.82) is 0 Å². The van der Waals surface area contributed by atoms with Crippen molar-refractivity contribution in [2.75, 3.05) is 0 Å². The van der Waals surface area contributed by atoms with Crippen molar-refractivity contribution in [2.24, 2.45) is 0 Å². The van der Waals surface area contributed by atoms with Crippen LogP contribution in [0.5, 0.6) is 0 Å². The molecule has 0 aliphatic carbocycles. The molecule has 53 heavy (non-hydrogen) atoms. The normalized spacial score (nSPS) is 13.4. The molecule has 0 aliphatic rings. The summed E-state index contributed by atoms with van der Waals surface area (Å²) in [6.07, 6.45) is 0. The average Bonchev–Trinajstić information content (AvgIpc) is 3.65. The maximum atomic E-state index is 9.72. The molecule has 1 nitrogen and oxygen atoms in total.